The number of aromatic carboxylic acids is 1. The van der Waals surface area contributed by atoms with Gasteiger partial charge in [0.2, 0.25) is 0 Å². The number of pyridine rings is 1. The second kappa shape index (κ2) is 8.76. The van der Waals surface area contributed by atoms with Gasteiger partial charge in [0.05, 0.1) is 39.9 Å². The van der Waals surface area contributed by atoms with E-state index in [9.17, 15) is 22.8 Å². The standard InChI is InChI=1S/C21H15ClF3N7O3/c1-31-15(8-28-18(31)19(33)29-11-3-4-12(20(34)35)14(22)6-11)13-9-32(30-17(13)21(23,24)25)16-5-2-10(26)7-27-16/h2-9H,26H2,1H3,(H,29,33)(H,34,35). The number of nitrogen functional groups attached to an aromatic ring is 1. The fourth-order valence-electron chi connectivity index (χ4n) is 3.25. The predicted octanol–water partition coefficient (Wildman–Crippen LogP) is 3.87. The number of anilines is 2. The highest BCUT2D eigenvalue weighted by molar-refractivity contribution is 6.33. The molecule has 180 valence electrons. The number of hydrogen-bond donors (Lipinski definition) is 3. The third kappa shape index (κ3) is 4.66. The van der Waals surface area contributed by atoms with E-state index in [2.05, 4.69) is 20.4 Å². The Balaban J connectivity index is 1.69. The van der Waals surface area contributed by atoms with Crippen LogP contribution in [-0.2, 0) is 13.2 Å². The molecule has 35 heavy (non-hydrogen) atoms. The minimum absolute atomic E-state index is 0.0246. The lowest BCUT2D eigenvalue weighted by atomic mass is 10.2. The fourth-order valence-corrected chi connectivity index (χ4v) is 3.51. The Labute approximate surface area is 199 Å². The molecule has 1 aromatic carbocycles. The van der Waals surface area contributed by atoms with Gasteiger partial charge in [-0.1, -0.05) is 11.6 Å². The van der Waals surface area contributed by atoms with Crippen molar-refractivity contribution in [3.63, 3.8) is 0 Å². The van der Waals surface area contributed by atoms with Gasteiger partial charge >= 0.3 is 12.1 Å². The quantitative estimate of drug-likeness (QED) is 0.374. The number of halogens is 4. The zero-order chi connectivity index (χ0) is 25.5. The van der Waals surface area contributed by atoms with Crippen LogP contribution >= 0.6 is 11.6 Å². The maximum atomic E-state index is 13.8. The van der Waals surface area contributed by atoms with Gasteiger partial charge in [-0.25, -0.2) is 19.4 Å². The van der Waals surface area contributed by atoms with Crippen molar-refractivity contribution in [1.82, 2.24) is 24.3 Å². The second-order valence-electron chi connectivity index (χ2n) is 7.26. The largest absolute Gasteiger partial charge is 0.478 e. The first kappa shape index (κ1) is 23.8. The summed E-state index contributed by atoms with van der Waals surface area (Å²) in [5.41, 5.74) is 4.39. The Morgan fingerprint density at radius 1 is 1.14 bits per heavy atom. The normalized spacial score (nSPS) is 11.5. The highest BCUT2D eigenvalue weighted by Gasteiger charge is 2.39. The number of benzene rings is 1. The van der Waals surface area contributed by atoms with Crippen LogP contribution in [0.3, 0.4) is 0 Å². The average molecular weight is 506 g/mol. The number of carbonyl (C=O) groups excluding carboxylic acids is 1. The number of alkyl halides is 3. The van der Waals surface area contributed by atoms with Gasteiger partial charge in [-0.05, 0) is 30.3 Å². The zero-order valence-electron chi connectivity index (χ0n) is 17.7. The lowest BCUT2D eigenvalue weighted by Gasteiger charge is -2.09. The van der Waals surface area contributed by atoms with Crippen molar-refractivity contribution in [2.24, 2.45) is 7.05 Å². The molecule has 0 saturated carbocycles. The van der Waals surface area contributed by atoms with Crippen LogP contribution in [0, 0.1) is 0 Å². The van der Waals surface area contributed by atoms with Crippen LogP contribution in [-0.4, -0.2) is 41.3 Å². The zero-order valence-corrected chi connectivity index (χ0v) is 18.5. The first-order chi connectivity index (χ1) is 16.5. The summed E-state index contributed by atoms with van der Waals surface area (Å²) in [5.74, 6) is -2.08. The average Bonchev–Trinajstić information content (AvgIpc) is 3.38. The molecule has 0 aliphatic heterocycles. The molecule has 0 aliphatic rings. The Bertz CT molecular complexity index is 1450. The van der Waals surface area contributed by atoms with Gasteiger partial charge in [0.15, 0.2) is 17.3 Å². The van der Waals surface area contributed by atoms with Crippen molar-refractivity contribution in [3.05, 3.63) is 71.0 Å². The molecule has 10 nitrogen and oxygen atoms in total. The summed E-state index contributed by atoms with van der Waals surface area (Å²) in [5, 5.41) is 15.1. The van der Waals surface area contributed by atoms with Crippen molar-refractivity contribution in [1.29, 1.82) is 0 Å². The molecule has 3 heterocycles. The summed E-state index contributed by atoms with van der Waals surface area (Å²) in [7, 11) is 1.37. The van der Waals surface area contributed by atoms with Gasteiger partial charge in [0.1, 0.15) is 0 Å². The molecular weight excluding hydrogens is 491 g/mol. The summed E-state index contributed by atoms with van der Waals surface area (Å²) in [4.78, 5) is 31.8. The number of nitrogens with zero attached hydrogens (tertiary/aromatic N) is 5. The van der Waals surface area contributed by atoms with Gasteiger partial charge in [0, 0.05) is 18.9 Å². The number of aromatic nitrogens is 5. The Morgan fingerprint density at radius 3 is 2.49 bits per heavy atom. The van der Waals surface area contributed by atoms with Crippen molar-refractivity contribution in [3.8, 4) is 17.1 Å². The molecule has 0 bridgehead atoms. The number of nitrogens with one attached hydrogen (secondary N) is 1. The molecular formula is C21H15ClF3N7O3. The van der Waals surface area contributed by atoms with Crippen LogP contribution in [0.4, 0.5) is 24.5 Å². The van der Waals surface area contributed by atoms with Crippen molar-refractivity contribution < 1.29 is 27.9 Å². The van der Waals surface area contributed by atoms with Crippen LogP contribution in [0.2, 0.25) is 5.02 Å². The highest BCUT2D eigenvalue weighted by Crippen LogP contribution is 2.36. The van der Waals surface area contributed by atoms with Gasteiger partial charge < -0.3 is 20.7 Å². The number of amides is 1. The van der Waals surface area contributed by atoms with E-state index < -0.39 is 23.7 Å². The van der Waals surface area contributed by atoms with Crippen molar-refractivity contribution >= 4 is 34.9 Å². The molecule has 4 N–H and O–H groups in total. The second-order valence-corrected chi connectivity index (χ2v) is 7.67. The van der Waals surface area contributed by atoms with E-state index in [4.69, 9.17) is 22.4 Å². The summed E-state index contributed by atoms with van der Waals surface area (Å²) < 4.78 is 43.4. The van der Waals surface area contributed by atoms with Crippen LogP contribution < -0.4 is 11.1 Å². The van der Waals surface area contributed by atoms with Gasteiger partial charge in [-0.15, -0.1) is 0 Å². The van der Waals surface area contributed by atoms with Gasteiger partial charge in [0.25, 0.3) is 5.91 Å². The van der Waals surface area contributed by atoms with E-state index in [1.807, 2.05) is 0 Å². The lowest BCUT2D eigenvalue weighted by Crippen LogP contribution is -2.17. The van der Waals surface area contributed by atoms with E-state index >= 15 is 0 Å². The monoisotopic (exact) mass is 505 g/mol. The number of nitrogens with two attached hydrogens (primary N) is 1. The molecule has 0 saturated heterocycles. The summed E-state index contributed by atoms with van der Waals surface area (Å²) in [6.45, 7) is 0. The van der Waals surface area contributed by atoms with E-state index in [-0.39, 0.29) is 39.2 Å². The molecule has 0 unspecified atom stereocenters. The minimum atomic E-state index is -4.80. The third-order valence-electron chi connectivity index (χ3n) is 4.91. The summed E-state index contributed by atoms with van der Waals surface area (Å²) in [6, 6.07) is 6.65. The van der Waals surface area contributed by atoms with Crippen LogP contribution in [0.25, 0.3) is 17.1 Å². The van der Waals surface area contributed by atoms with E-state index in [0.717, 1.165) is 17.1 Å². The molecule has 1 amide bonds. The first-order valence-corrected chi connectivity index (χ1v) is 10.1. The number of rotatable bonds is 5. The maximum Gasteiger partial charge on any atom is 0.435 e. The topological polar surface area (TPSA) is 141 Å². The Morgan fingerprint density at radius 2 is 1.89 bits per heavy atom. The summed E-state index contributed by atoms with van der Waals surface area (Å²) >= 11 is 5.91. The molecule has 0 radical (unpaired) electrons. The highest BCUT2D eigenvalue weighted by atomic mass is 35.5. The molecule has 0 atom stereocenters. The summed E-state index contributed by atoms with van der Waals surface area (Å²) in [6.07, 6.45) is -1.28. The molecule has 3 aromatic heterocycles. The van der Waals surface area contributed by atoms with Gasteiger partial charge in [-0.2, -0.15) is 18.3 Å². The van der Waals surface area contributed by atoms with Gasteiger partial charge in [-0.3, -0.25) is 4.79 Å². The van der Waals surface area contributed by atoms with Crippen molar-refractivity contribution in [2.75, 3.05) is 11.1 Å². The predicted molar refractivity (Wildman–Crippen MR) is 119 cm³/mol. The van der Waals surface area contributed by atoms with Crippen LogP contribution in [0.1, 0.15) is 26.7 Å². The minimum Gasteiger partial charge on any atom is -0.478 e. The lowest BCUT2D eigenvalue weighted by molar-refractivity contribution is -0.140. The first-order valence-electron chi connectivity index (χ1n) is 9.70. The van der Waals surface area contributed by atoms with Crippen LogP contribution in [0.15, 0.2) is 48.9 Å². The van der Waals surface area contributed by atoms with Crippen molar-refractivity contribution in [2.45, 2.75) is 6.18 Å². The molecule has 4 rings (SSSR count). The molecule has 0 aliphatic carbocycles. The Hall–Kier alpha value is -4.39. The molecule has 0 fully saturated rings. The van der Waals surface area contributed by atoms with E-state index in [0.29, 0.717) is 5.69 Å². The van der Waals surface area contributed by atoms with E-state index in [1.54, 1.807) is 0 Å². The molecule has 14 heteroatoms. The van der Waals surface area contributed by atoms with E-state index in [1.165, 1.54) is 48.1 Å². The number of imidazole rings is 1. The fraction of sp³-hybridized carbons (Fsp3) is 0.0952. The SMILES string of the molecule is Cn1c(-c2cn(-c3ccc(N)cn3)nc2C(F)(F)F)cnc1C(=O)Nc1ccc(C(=O)O)c(Cl)c1. The molecule has 4 aromatic rings. The third-order valence-corrected chi connectivity index (χ3v) is 5.23. The Kier molecular flexibility index (Phi) is 5.94. The molecule has 0 spiro atoms. The smallest absolute Gasteiger partial charge is 0.435 e. The van der Waals surface area contributed by atoms with Crippen LogP contribution in [0.5, 0.6) is 0 Å². The number of hydrogen-bond acceptors (Lipinski definition) is 6. The number of carboxylic acid groups (broad SMARTS) is 1. The maximum absolute atomic E-state index is 13.8. The number of carbonyl (C=O) groups is 2. The number of carboxylic acids is 1.